The van der Waals surface area contributed by atoms with Gasteiger partial charge in [0.25, 0.3) is 0 Å². The number of rotatable bonds is 5. The smallest absolute Gasteiger partial charge is 0.0636 e. The zero-order chi connectivity index (χ0) is 10.6. The number of aliphatic hydroxyl groups is 1. The van der Waals surface area contributed by atoms with Crippen LogP contribution in [0.5, 0.6) is 0 Å². The molecule has 2 N–H and O–H groups in total. The van der Waals surface area contributed by atoms with Gasteiger partial charge in [-0.15, -0.1) is 0 Å². The first kappa shape index (κ1) is 11.7. The zero-order valence-electron chi connectivity index (χ0n) is 8.44. The summed E-state index contributed by atoms with van der Waals surface area (Å²) in [6, 6.07) is 0.302. The van der Waals surface area contributed by atoms with Crippen LogP contribution in [-0.4, -0.2) is 33.6 Å². The topological polar surface area (TPSA) is 50.1 Å². The van der Waals surface area contributed by atoms with Crippen LogP contribution in [-0.2, 0) is 6.54 Å². The van der Waals surface area contributed by atoms with Gasteiger partial charge in [0.15, 0.2) is 0 Å². The van der Waals surface area contributed by atoms with Gasteiger partial charge < -0.3 is 10.4 Å². The summed E-state index contributed by atoms with van der Waals surface area (Å²) in [6.45, 7) is 5.25. The molecule has 1 aromatic heterocycles. The molecule has 0 aliphatic heterocycles. The average Bonchev–Trinajstić information content (AvgIpc) is 2.48. The van der Waals surface area contributed by atoms with E-state index in [9.17, 15) is 0 Å². The maximum Gasteiger partial charge on any atom is 0.0636 e. The fraction of sp³-hybridized carbons (Fsp3) is 0.667. The number of hydrogen-bond donors (Lipinski definition) is 2. The lowest BCUT2D eigenvalue weighted by atomic mass is 10.3. The van der Waals surface area contributed by atoms with Crippen LogP contribution in [0.3, 0.4) is 0 Å². The van der Waals surface area contributed by atoms with Gasteiger partial charge in [-0.2, -0.15) is 5.10 Å². The number of nitrogens with one attached hydrogen (secondary N) is 1. The number of halogens is 1. The molecule has 4 nitrogen and oxygen atoms in total. The van der Waals surface area contributed by atoms with Gasteiger partial charge in [-0.05, 0) is 29.8 Å². The minimum Gasteiger partial charge on any atom is -0.392 e. The summed E-state index contributed by atoms with van der Waals surface area (Å²) in [5.74, 6) is 0. The summed E-state index contributed by atoms with van der Waals surface area (Å²) >= 11 is 3.34. The second-order valence-electron chi connectivity index (χ2n) is 3.54. The highest BCUT2D eigenvalue weighted by molar-refractivity contribution is 9.10. The fourth-order valence-electron chi connectivity index (χ4n) is 1.16. The summed E-state index contributed by atoms with van der Waals surface area (Å²) in [5.41, 5.74) is 0. The van der Waals surface area contributed by atoms with Gasteiger partial charge in [0.05, 0.1) is 23.3 Å². The van der Waals surface area contributed by atoms with E-state index >= 15 is 0 Å². The average molecular weight is 262 g/mol. The Bertz CT molecular complexity index is 275. The molecule has 1 unspecified atom stereocenters. The number of nitrogens with zero attached hydrogens (tertiary/aromatic N) is 2. The largest absolute Gasteiger partial charge is 0.392 e. The highest BCUT2D eigenvalue weighted by Crippen LogP contribution is 2.06. The summed E-state index contributed by atoms with van der Waals surface area (Å²) in [4.78, 5) is 0. The predicted octanol–water partition coefficient (Wildman–Crippen LogP) is 1.00. The molecule has 14 heavy (non-hydrogen) atoms. The third-order valence-corrected chi connectivity index (χ3v) is 2.23. The molecule has 0 aliphatic rings. The van der Waals surface area contributed by atoms with Crippen molar-refractivity contribution in [3.8, 4) is 0 Å². The van der Waals surface area contributed by atoms with Crippen LogP contribution < -0.4 is 5.32 Å². The Morgan fingerprint density at radius 1 is 1.64 bits per heavy atom. The summed E-state index contributed by atoms with van der Waals surface area (Å²) in [7, 11) is 0. The SMILES string of the molecule is CC(Cn1cc(Br)cn1)NC[C@@H](C)O. The second kappa shape index (κ2) is 5.48. The van der Waals surface area contributed by atoms with Gasteiger partial charge in [0, 0.05) is 18.8 Å². The van der Waals surface area contributed by atoms with Crippen LogP contribution >= 0.6 is 15.9 Å². The quantitative estimate of drug-likeness (QED) is 0.832. The van der Waals surface area contributed by atoms with Crippen molar-refractivity contribution in [3.05, 3.63) is 16.9 Å². The lowest BCUT2D eigenvalue weighted by Crippen LogP contribution is -2.35. The lowest BCUT2D eigenvalue weighted by Gasteiger charge is -2.14. The maximum atomic E-state index is 9.08. The normalized spacial score (nSPS) is 15.4. The van der Waals surface area contributed by atoms with Crippen LogP contribution in [0.1, 0.15) is 13.8 Å². The summed E-state index contributed by atoms with van der Waals surface area (Å²) < 4.78 is 2.85. The summed E-state index contributed by atoms with van der Waals surface area (Å²) in [5, 5.41) is 16.4. The third kappa shape index (κ3) is 4.21. The van der Waals surface area contributed by atoms with Crippen LogP contribution in [0.4, 0.5) is 0 Å². The van der Waals surface area contributed by atoms with E-state index in [1.807, 2.05) is 10.9 Å². The first-order valence-electron chi connectivity index (χ1n) is 4.67. The highest BCUT2D eigenvalue weighted by atomic mass is 79.9. The van der Waals surface area contributed by atoms with Crippen molar-refractivity contribution in [3.63, 3.8) is 0 Å². The van der Waals surface area contributed by atoms with Crippen molar-refractivity contribution in [1.82, 2.24) is 15.1 Å². The number of aromatic nitrogens is 2. The van der Waals surface area contributed by atoms with Gasteiger partial charge in [-0.3, -0.25) is 4.68 Å². The van der Waals surface area contributed by atoms with Crippen molar-refractivity contribution < 1.29 is 5.11 Å². The molecule has 1 heterocycles. The molecule has 0 spiro atoms. The standard InChI is InChI=1S/C9H16BrN3O/c1-7(11-3-8(2)14)5-13-6-9(10)4-12-13/h4,6-8,11,14H,3,5H2,1-2H3/t7?,8-/m1/s1. The Labute approximate surface area is 92.4 Å². The molecule has 0 aliphatic carbocycles. The van der Waals surface area contributed by atoms with E-state index in [4.69, 9.17) is 5.11 Å². The van der Waals surface area contributed by atoms with E-state index in [0.717, 1.165) is 11.0 Å². The minimum absolute atomic E-state index is 0.302. The molecule has 0 saturated heterocycles. The number of hydrogen-bond acceptors (Lipinski definition) is 3. The van der Waals surface area contributed by atoms with Gasteiger partial charge in [-0.25, -0.2) is 0 Å². The Balaban J connectivity index is 2.30. The van der Waals surface area contributed by atoms with Crippen LogP contribution in [0.15, 0.2) is 16.9 Å². The maximum absolute atomic E-state index is 9.08. The molecular formula is C9H16BrN3O. The third-order valence-electron chi connectivity index (χ3n) is 1.82. The van der Waals surface area contributed by atoms with Gasteiger partial charge in [0.2, 0.25) is 0 Å². The molecule has 5 heteroatoms. The monoisotopic (exact) mass is 261 g/mol. The Hall–Kier alpha value is -0.390. The zero-order valence-corrected chi connectivity index (χ0v) is 10.0. The van der Waals surface area contributed by atoms with Gasteiger partial charge in [0.1, 0.15) is 0 Å². The molecular weight excluding hydrogens is 246 g/mol. The fourth-order valence-corrected chi connectivity index (χ4v) is 1.48. The van der Waals surface area contributed by atoms with E-state index in [2.05, 4.69) is 33.3 Å². The minimum atomic E-state index is -0.304. The molecule has 0 aromatic carbocycles. The Morgan fingerprint density at radius 3 is 2.86 bits per heavy atom. The van der Waals surface area contributed by atoms with Crippen molar-refractivity contribution >= 4 is 15.9 Å². The molecule has 80 valence electrons. The number of aliphatic hydroxyl groups excluding tert-OH is 1. The summed E-state index contributed by atoms with van der Waals surface area (Å²) in [6.07, 6.45) is 3.39. The Kier molecular flexibility index (Phi) is 4.57. The predicted molar refractivity (Wildman–Crippen MR) is 59.1 cm³/mol. The van der Waals surface area contributed by atoms with Crippen LogP contribution in [0.25, 0.3) is 0 Å². The molecule has 1 rings (SSSR count). The molecule has 0 saturated carbocycles. The molecule has 0 radical (unpaired) electrons. The highest BCUT2D eigenvalue weighted by Gasteiger charge is 2.04. The first-order valence-corrected chi connectivity index (χ1v) is 5.46. The van der Waals surface area contributed by atoms with Crippen molar-refractivity contribution in [1.29, 1.82) is 0 Å². The van der Waals surface area contributed by atoms with Crippen molar-refractivity contribution in [2.45, 2.75) is 32.5 Å². The molecule has 1 aromatic rings. The van der Waals surface area contributed by atoms with Crippen LogP contribution in [0, 0.1) is 0 Å². The lowest BCUT2D eigenvalue weighted by molar-refractivity contribution is 0.185. The molecule has 0 bridgehead atoms. The van der Waals surface area contributed by atoms with Crippen molar-refractivity contribution in [2.24, 2.45) is 0 Å². The van der Waals surface area contributed by atoms with E-state index in [0.29, 0.717) is 12.6 Å². The first-order chi connectivity index (χ1) is 6.58. The van der Waals surface area contributed by atoms with E-state index < -0.39 is 0 Å². The molecule has 2 atom stereocenters. The van der Waals surface area contributed by atoms with Gasteiger partial charge >= 0.3 is 0 Å². The van der Waals surface area contributed by atoms with E-state index in [-0.39, 0.29) is 6.10 Å². The van der Waals surface area contributed by atoms with Crippen LogP contribution in [0.2, 0.25) is 0 Å². The van der Waals surface area contributed by atoms with Crippen molar-refractivity contribution in [2.75, 3.05) is 6.54 Å². The van der Waals surface area contributed by atoms with E-state index in [1.165, 1.54) is 0 Å². The Morgan fingerprint density at radius 2 is 2.36 bits per heavy atom. The molecule has 0 amide bonds. The second-order valence-corrected chi connectivity index (χ2v) is 4.45. The molecule has 0 fully saturated rings. The van der Waals surface area contributed by atoms with E-state index in [1.54, 1.807) is 13.1 Å². The van der Waals surface area contributed by atoms with Gasteiger partial charge in [-0.1, -0.05) is 0 Å².